The Bertz CT molecular complexity index is 845. The lowest BCUT2D eigenvalue weighted by Gasteiger charge is -2.42. The predicted molar refractivity (Wildman–Crippen MR) is 141 cm³/mol. The highest BCUT2D eigenvalue weighted by Gasteiger charge is 2.40. The van der Waals surface area contributed by atoms with Crippen molar-refractivity contribution in [1.29, 1.82) is 0 Å². The number of hydrogen-bond donors (Lipinski definition) is 1. The van der Waals surface area contributed by atoms with Crippen molar-refractivity contribution in [2.45, 2.75) is 44.1 Å². The van der Waals surface area contributed by atoms with Gasteiger partial charge in [0.25, 0.3) is 0 Å². The lowest BCUT2D eigenvalue weighted by atomic mass is 9.70. The molecule has 1 aliphatic carbocycles. The fraction of sp³-hybridized carbons (Fsp3) is 0.556. The van der Waals surface area contributed by atoms with E-state index in [4.69, 9.17) is 4.74 Å². The first-order valence-electron chi connectivity index (χ1n) is 12.1. The van der Waals surface area contributed by atoms with Gasteiger partial charge in [0, 0.05) is 32.6 Å². The van der Waals surface area contributed by atoms with Crippen LogP contribution in [0.5, 0.6) is 5.75 Å². The normalized spacial score (nSPS) is 23.6. The molecule has 0 aromatic heterocycles. The Balaban J connectivity index is 0.00000204. The van der Waals surface area contributed by atoms with Crippen molar-refractivity contribution in [2.75, 3.05) is 46.4 Å². The van der Waals surface area contributed by atoms with Gasteiger partial charge in [-0.15, -0.1) is 24.8 Å². The third-order valence-corrected chi connectivity index (χ3v) is 7.35. The summed E-state index contributed by atoms with van der Waals surface area (Å²) < 4.78 is 18.9. The van der Waals surface area contributed by atoms with Crippen LogP contribution in [-0.2, 0) is 12.0 Å². The van der Waals surface area contributed by atoms with Crippen molar-refractivity contribution >= 4 is 24.8 Å². The topological polar surface area (TPSA) is 35.9 Å². The molecule has 0 bridgehead atoms. The third kappa shape index (κ3) is 7.56. The molecule has 1 heterocycles. The van der Waals surface area contributed by atoms with Gasteiger partial charge in [-0.1, -0.05) is 37.1 Å². The lowest BCUT2D eigenvalue weighted by Crippen LogP contribution is -2.46. The number of piperazine rings is 1. The summed E-state index contributed by atoms with van der Waals surface area (Å²) in [7, 11) is 2.19. The van der Waals surface area contributed by atoms with Gasteiger partial charge < -0.3 is 19.6 Å². The minimum Gasteiger partial charge on any atom is -0.493 e. The highest BCUT2D eigenvalue weighted by Crippen LogP contribution is 2.43. The summed E-state index contributed by atoms with van der Waals surface area (Å²) in [5, 5.41) is 11.7. The van der Waals surface area contributed by atoms with E-state index in [-0.39, 0.29) is 30.6 Å². The van der Waals surface area contributed by atoms with Gasteiger partial charge in [-0.2, -0.15) is 0 Å². The van der Waals surface area contributed by atoms with Crippen LogP contribution in [0.15, 0.2) is 48.5 Å². The zero-order chi connectivity index (χ0) is 22.4. The first kappa shape index (κ1) is 28.9. The summed E-state index contributed by atoms with van der Waals surface area (Å²) in [6.45, 7) is 6.15. The van der Waals surface area contributed by atoms with E-state index in [1.54, 1.807) is 12.1 Å². The Morgan fingerprint density at radius 1 is 0.971 bits per heavy atom. The number of likely N-dealkylation sites (N-methyl/N-ethyl adjacent to an activating group) is 1. The fourth-order valence-electron chi connectivity index (χ4n) is 5.18. The van der Waals surface area contributed by atoms with Crippen molar-refractivity contribution < 1.29 is 14.2 Å². The molecule has 1 aliphatic heterocycles. The second-order valence-corrected chi connectivity index (χ2v) is 9.55. The van der Waals surface area contributed by atoms with Crippen LogP contribution in [0.3, 0.4) is 0 Å². The summed E-state index contributed by atoms with van der Waals surface area (Å²) in [6.07, 6.45) is 6.01. The number of benzene rings is 2. The molecule has 1 saturated heterocycles. The average molecular weight is 514 g/mol. The number of hydrogen-bond acceptors (Lipinski definition) is 4. The number of ether oxygens (including phenoxy) is 1. The summed E-state index contributed by atoms with van der Waals surface area (Å²) in [6, 6.07) is 14.6. The lowest BCUT2D eigenvalue weighted by molar-refractivity contribution is -0.0608. The molecule has 4 nitrogen and oxygen atoms in total. The number of nitrogens with zero attached hydrogens (tertiary/aromatic N) is 2. The quantitative estimate of drug-likeness (QED) is 0.520. The van der Waals surface area contributed by atoms with E-state index in [9.17, 15) is 9.50 Å². The molecule has 1 N–H and O–H groups in total. The monoisotopic (exact) mass is 512 g/mol. The van der Waals surface area contributed by atoms with Crippen molar-refractivity contribution in [3.63, 3.8) is 0 Å². The van der Waals surface area contributed by atoms with Gasteiger partial charge in [-0.25, -0.2) is 4.39 Å². The average Bonchev–Trinajstić information content (AvgIpc) is 2.81. The molecule has 2 aliphatic rings. The molecule has 2 aromatic rings. The second-order valence-electron chi connectivity index (χ2n) is 9.55. The fourth-order valence-corrected chi connectivity index (χ4v) is 5.18. The Labute approximate surface area is 216 Å². The summed E-state index contributed by atoms with van der Waals surface area (Å²) in [5.41, 5.74) is 1.34. The van der Waals surface area contributed by atoms with E-state index < -0.39 is 5.60 Å². The van der Waals surface area contributed by atoms with Crippen LogP contribution >= 0.6 is 24.8 Å². The maximum absolute atomic E-state index is 13.0. The smallest absolute Gasteiger partial charge is 0.123 e. The molecule has 0 radical (unpaired) electrons. The molecule has 2 aromatic carbocycles. The molecule has 0 amide bonds. The van der Waals surface area contributed by atoms with Crippen molar-refractivity contribution in [1.82, 2.24) is 9.80 Å². The van der Waals surface area contributed by atoms with Crippen LogP contribution in [0.2, 0.25) is 0 Å². The molecule has 1 saturated carbocycles. The molecular weight excluding hydrogens is 474 g/mol. The Morgan fingerprint density at radius 2 is 1.65 bits per heavy atom. The summed E-state index contributed by atoms with van der Waals surface area (Å²) in [4.78, 5) is 4.93. The first-order chi connectivity index (χ1) is 15.5. The number of rotatable bonds is 8. The molecule has 2 atom stereocenters. The largest absolute Gasteiger partial charge is 0.493 e. The van der Waals surface area contributed by atoms with E-state index in [0.29, 0.717) is 12.5 Å². The van der Waals surface area contributed by atoms with Gasteiger partial charge in [-0.05, 0) is 74.2 Å². The molecule has 4 rings (SSSR count). The molecule has 2 unspecified atom stereocenters. The Morgan fingerprint density at radius 3 is 2.32 bits per heavy atom. The van der Waals surface area contributed by atoms with Gasteiger partial charge in [0.2, 0.25) is 0 Å². The van der Waals surface area contributed by atoms with Crippen molar-refractivity contribution in [3.05, 3.63) is 65.5 Å². The molecule has 34 heavy (non-hydrogen) atoms. The minimum atomic E-state index is -0.739. The van der Waals surface area contributed by atoms with Crippen LogP contribution in [0.4, 0.5) is 4.39 Å². The van der Waals surface area contributed by atoms with E-state index in [1.165, 1.54) is 18.6 Å². The van der Waals surface area contributed by atoms with Crippen LogP contribution < -0.4 is 4.74 Å². The molecular formula is C27H39Cl2FN2O2. The van der Waals surface area contributed by atoms with Gasteiger partial charge >= 0.3 is 0 Å². The molecule has 7 heteroatoms. The number of halogens is 3. The SMILES string of the molecule is CN1CCN(CCC2CCCCC2(O)c2ccc(OCCc3ccc(F)cc3)cc2)CC1.Cl.Cl. The maximum atomic E-state index is 13.0. The van der Waals surface area contributed by atoms with Gasteiger partial charge in [0.15, 0.2) is 0 Å². The van der Waals surface area contributed by atoms with Crippen LogP contribution in [0.1, 0.15) is 43.2 Å². The first-order valence-corrected chi connectivity index (χ1v) is 12.1. The van der Waals surface area contributed by atoms with Crippen LogP contribution in [-0.4, -0.2) is 61.3 Å². The van der Waals surface area contributed by atoms with Gasteiger partial charge in [0.05, 0.1) is 12.2 Å². The van der Waals surface area contributed by atoms with Crippen molar-refractivity contribution in [2.24, 2.45) is 5.92 Å². The minimum absolute atomic E-state index is 0. The van der Waals surface area contributed by atoms with E-state index in [1.807, 2.05) is 24.3 Å². The molecule has 0 spiro atoms. The third-order valence-electron chi connectivity index (χ3n) is 7.35. The van der Waals surface area contributed by atoms with Crippen LogP contribution in [0.25, 0.3) is 0 Å². The highest BCUT2D eigenvalue weighted by atomic mass is 35.5. The zero-order valence-corrected chi connectivity index (χ0v) is 21.8. The summed E-state index contributed by atoms with van der Waals surface area (Å²) in [5.74, 6) is 0.901. The Kier molecular flexibility index (Phi) is 11.6. The Hall–Kier alpha value is -1.37. The predicted octanol–water partition coefficient (Wildman–Crippen LogP) is 5.31. The van der Waals surface area contributed by atoms with E-state index in [2.05, 4.69) is 16.8 Å². The maximum Gasteiger partial charge on any atom is 0.123 e. The molecule has 2 fully saturated rings. The highest BCUT2D eigenvalue weighted by molar-refractivity contribution is 5.85. The van der Waals surface area contributed by atoms with E-state index in [0.717, 1.165) is 81.7 Å². The molecule has 190 valence electrons. The number of aliphatic hydroxyl groups is 1. The van der Waals surface area contributed by atoms with Gasteiger partial charge in [0.1, 0.15) is 11.6 Å². The van der Waals surface area contributed by atoms with Gasteiger partial charge in [-0.3, -0.25) is 0 Å². The van der Waals surface area contributed by atoms with E-state index >= 15 is 0 Å². The second kappa shape index (κ2) is 13.6. The zero-order valence-electron chi connectivity index (χ0n) is 20.1. The standard InChI is InChI=1S/C27H37FN2O2.2ClH/c1-29-17-19-30(20-18-29)16-13-23-4-2-3-15-27(23,31)24-7-11-26(12-8-24)32-21-14-22-5-9-25(28)10-6-22;;/h5-12,23,31H,2-4,13-21H2,1H3;2*1H. The summed E-state index contributed by atoms with van der Waals surface area (Å²) >= 11 is 0. The van der Waals surface area contributed by atoms with Crippen LogP contribution in [0, 0.1) is 11.7 Å². The van der Waals surface area contributed by atoms with Crippen molar-refractivity contribution in [3.8, 4) is 5.75 Å².